The van der Waals surface area contributed by atoms with Crippen molar-refractivity contribution in [2.45, 2.75) is 31.7 Å². The highest BCUT2D eigenvalue weighted by Crippen LogP contribution is 2.51. The third kappa shape index (κ3) is 0.806. The van der Waals surface area contributed by atoms with Gasteiger partial charge in [0.1, 0.15) is 0 Å². The van der Waals surface area contributed by atoms with Gasteiger partial charge in [0.05, 0.1) is 0 Å². The van der Waals surface area contributed by atoms with Crippen molar-refractivity contribution in [2.75, 3.05) is 0 Å². The first-order valence-electron chi connectivity index (χ1n) is 5.16. The molecule has 2 N–H and O–H groups in total. The molecule has 1 aromatic carbocycles. The molecule has 3 rings (SSSR count). The molecule has 3 atom stereocenters. The first kappa shape index (κ1) is 7.57. The standard InChI is InChI=1S/C12H15N/c1-7-9-6-5-8-3-2-4-10(11(8)9)12(7)13/h2-4,7,9,12H,5-6,13H2,1H3. The minimum Gasteiger partial charge on any atom is -0.324 e. The van der Waals surface area contributed by atoms with Crippen molar-refractivity contribution >= 4 is 0 Å². The SMILES string of the molecule is CC1C(N)c2cccc3c2C1CC3. The van der Waals surface area contributed by atoms with Crippen molar-refractivity contribution in [1.29, 1.82) is 0 Å². The molecule has 0 amide bonds. The number of hydrogen-bond donors (Lipinski definition) is 1. The minimum atomic E-state index is 0.292. The Kier molecular flexibility index (Phi) is 1.37. The van der Waals surface area contributed by atoms with Crippen LogP contribution in [0.15, 0.2) is 18.2 Å². The van der Waals surface area contributed by atoms with Crippen molar-refractivity contribution in [3.05, 3.63) is 34.9 Å². The Bertz CT molecular complexity index is 356. The van der Waals surface area contributed by atoms with Crippen LogP contribution in [0.4, 0.5) is 0 Å². The molecular weight excluding hydrogens is 158 g/mol. The van der Waals surface area contributed by atoms with Gasteiger partial charge in [-0.1, -0.05) is 25.1 Å². The van der Waals surface area contributed by atoms with E-state index in [0.717, 1.165) is 5.92 Å². The van der Waals surface area contributed by atoms with E-state index in [9.17, 15) is 0 Å². The fourth-order valence-electron chi connectivity index (χ4n) is 3.11. The summed E-state index contributed by atoms with van der Waals surface area (Å²) in [4.78, 5) is 0. The van der Waals surface area contributed by atoms with Crippen molar-refractivity contribution in [2.24, 2.45) is 11.7 Å². The van der Waals surface area contributed by atoms with E-state index in [-0.39, 0.29) is 0 Å². The van der Waals surface area contributed by atoms with E-state index in [1.165, 1.54) is 18.4 Å². The second-order valence-electron chi connectivity index (χ2n) is 4.45. The molecule has 0 heterocycles. The zero-order chi connectivity index (χ0) is 9.00. The Hall–Kier alpha value is -0.820. The number of hydrogen-bond acceptors (Lipinski definition) is 1. The van der Waals surface area contributed by atoms with Crippen LogP contribution in [0.1, 0.15) is 42.0 Å². The summed E-state index contributed by atoms with van der Waals surface area (Å²) in [5.74, 6) is 1.42. The van der Waals surface area contributed by atoms with Gasteiger partial charge in [0.25, 0.3) is 0 Å². The summed E-state index contributed by atoms with van der Waals surface area (Å²) >= 11 is 0. The maximum atomic E-state index is 6.18. The van der Waals surface area contributed by atoms with Crippen LogP contribution < -0.4 is 5.73 Å². The minimum absolute atomic E-state index is 0.292. The van der Waals surface area contributed by atoms with E-state index in [4.69, 9.17) is 5.73 Å². The second kappa shape index (κ2) is 2.36. The van der Waals surface area contributed by atoms with Crippen LogP contribution in [-0.2, 0) is 6.42 Å². The van der Waals surface area contributed by atoms with Crippen LogP contribution in [0.25, 0.3) is 0 Å². The number of rotatable bonds is 0. The van der Waals surface area contributed by atoms with Gasteiger partial charge in [-0.05, 0) is 41.4 Å². The smallest absolute Gasteiger partial charge is 0.0329 e. The highest BCUT2D eigenvalue weighted by Gasteiger charge is 2.39. The molecule has 0 saturated heterocycles. The first-order chi connectivity index (χ1) is 6.29. The highest BCUT2D eigenvalue weighted by atomic mass is 14.7. The van der Waals surface area contributed by atoms with Crippen molar-refractivity contribution < 1.29 is 0 Å². The molecule has 0 aliphatic heterocycles. The van der Waals surface area contributed by atoms with Gasteiger partial charge in [0, 0.05) is 6.04 Å². The molecule has 68 valence electrons. The molecule has 0 bridgehead atoms. The Morgan fingerprint density at radius 1 is 1.38 bits per heavy atom. The summed E-state index contributed by atoms with van der Waals surface area (Å²) in [5, 5.41) is 0. The third-order valence-electron chi connectivity index (χ3n) is 3.89. The Balaban J connectivity index is 2.26. The van der Waals surface area contributed by atoms with Gasteiger partial charge in [-0.3, -0.25) is 0 Å². The van der Waals surface area contributed by atoms with Gasteiger partial charge in [0.2, 0.25) is 0 Å². The summed E-state index contributed by atoms with van der Waals surface area (Å²) in [6.45, 7) is 2.30. The largest absolute Gasteiger partial charge is 0.324 e. The lowest BCUT2D eigenvalue weighted by atomic mass is 9.93. The van der Waals surface area contributed by atoms with Crippen LogP contribution in [-0.4, -0.2) is 0 Å². The topological polar surface area (TPSA) is 26.0 Å². The predicted molar refractivity (Wildman–Crippen MR) is 53.6 cm³/mol. The lowest BCUT2D eigenvalue weighted by Gasteiger charge is -2.15. The van der Waals surface area contributed by atoms with E-state index in [0.29, 0.717) is 12.0 Å². The monoisotopic (exact) mass is 173 g/mol. The summed E-state index contributed by atoms with van der Waals surface area (Å²) in [5.41, 5.74) is 10.8. The van der Waals surface area contributed by atoms with Gasteiger partial charge >= 0.3 is 0 Å². The molecule has 3 unspecified atom stereocenters. The molecule has 0 fully saturated rings. The van der Waals surface area contributed by atoms with Crippen molar-refractivity contribution in [3.63, 3.8) is 0 Å². The molecule has 0 saturated carbocycles. The average Bonchev–Trinajstić information content (AvgIpc) is 2.67. The maximum absolute atomic E-state index is 6.18. The molecule has 0 spiro atoms. The van der Waals surface area contributed by atoms with Crippen LogP contribution >= 0.6 is 0 Å². The quantitative estimate of drug-likeness (QED) is 0.640. The van der Waals surface area contributed by atoms with E-state index in [1.54, 1.807) is 11.1 Å². The first-order valence-corrected chi connectivity index (χ1v) is 5.16. The predicted octanol–water partition coefficient (Wildman–Crippen LogP) is 2.37. The normalized spacial score (nSPS) is 35.1. The molecular formula is C12H15N. The van der Waals surface area contributed by atoms with Gasteiger partial charge in [0.15, 0.2) is 0 Å². The number of nitrogens with two attached hydrogens (primary N) is 1. The Morgan fingerprint density at radius 2 is 2.23 bits per heavy atom. The van der Waals surface area contributed by atoms with Gasteiger partial charge in [-0.2, -0.15) is 0 Å². The van der Waals surface area contributed by atoms with Crippen LogP contribution in [0.3, 0.4) is 0 Å². The molecule has 0 aromatic heterocycles. The van der Waals surface area contributed by atoms with Gasteiger partial charge < -0.3 is 5.73 Å². The van der Waals surface area contributed by atoms with Gasteiger partial charge in [-0.25, -0.2) is 0 Å². The van der Waals surface area contributed by atoms with E-state index >= 15 is 0 Å². The maximum Gasteiger partial charge on any atom is 0.0329 e. The summed E-state index contributed by atoms with van der Waals surface area (Å²) in [7, 11) is 0. The molecule has 2 aliphatic carbocycles. The summed E-state index contributed by atoms with van der Waals surface area (Å²) < 4.78 is 0. The molecule has 13 heavy (non-hydrogen) atoms. The zero-order valence-electron chi connectivity index (χ0n) is 7.96. The van der Waals surface area contributed by atoms with Crippen LogP contribution in [0.5, 0.6) is 0 Å². The summed E-state index contributed by atoms with van der Waals surface area (Å²) in [6.07, 6.45) is 2.59. The second-order valence-corrected chi connectivity index (χ2v) is 4.45. The Labute approximate surface area is 78.9 Å². The van der Waals surface area contributed by atoms with E-state index in [2.05, 4.69) is 25.1 Å². The third-order valence-corrected chi connectivity index (χ3v) is 3.89. The Morgan fingerprint density at radius 3 is 3.08 bits per heavy atom. The molecule has 2 aliphatic rings. The summed E-state index contributed by atoms with van der Waals surface area (Å²) in [6, 6.07) is 6.93. The molecule has 1 nitrogen and oxygen atoms in total. The fourth-order valence-corrected chi connectivity index (χ4v) is 3.11. The van der Waals surface area contributed by atoms with Gasteiger partial charge in [-0.15, -0.1) is 0 Å². The van der Waals surface area contributed by atoms with Crippen LogP contribution in [0, 0.1) is 5.92 Å². The molecule has 0 radical (unpaired) electrons. The fraction of sp³-hybridized carbons (Fsp3) is 0.500. The molecule has 1 heteroatoms. The van der Waals surface area contributed by atoms with Crippen molar-refractivity contribution in [1.82, 2.24) is 0 Å². The van der Waals surface area contributed by atoms with Crippen molar-refractivity contribution in [3.8, 4) is 0 Å². The van der Waals surface area contributed by atoms with E-state index in [1.807, 2.05) is 0 Å². The van der Waals surface area contributed by atoms with Crippen LogP contribution in [0.2, 0.25) is 0 Å². The average molecular weight is 173 g/mol. The number of aryl methyl sites for hydroxylation is 1. The lowest BCUT2D eigenvalue weighted by Crippen LogP contribution is -2.16. The number of benzene rings is 1. The zero-order valence-corrected chi connectivity index (χ0v) is 7.96. The lowest BCUT2D eigenvalue weighted by molar-refractivity contribution is 0.423. The highest BCUT2D eigenvalue weighted by molar-refractivity contribution is 5.47. The molecule has 1 aromatic rings. The van der Waals surface area contributed by atoms with E-state index < -0.39 is 0 Å².